The van der Waals surface area contributed by atoms with E-state index in [9.17, 15) is 24.0 Å². The summed E-state index contributed by atoms with van der Waals surface area (Å²) in [6.07, 6.45) is 47.4. The van der Waals surface area contributed by atoms with Gasteiger partial charge in [0.05, 0.1) is 0 Å². The zero-order chi connectivity index (χ0) is 95.4. The number of hydrogen-bond donors (Lipinski definition) is 11. The second-order valence-corrected chi connectivity index (χ2v) is 45.5. The maximum absolute atomic E-state index is 10.4. The summed E-state index contributed by atoms with van der Waals surface area (Å²) >= 11 is -2.36. The molecular formula is C82H170Cl10N6O15Pt5. The van der Waals surface area contributed by atoms with Crippen LogP contribution in [0.3, 0.4) is 0 Å². The SMILES string of the molecule is CC(C)(C)CC(C)(C)NC(=O)O.CCC(=O)O.CCC(=O)O.CCC(=O)O.CCCCCCCCCCCCCCCCCC(=O)O.CCCO.CCCO.CCCO.CO.CO.[CH2-][C@@H]1CCCC[C@H]1[NH-].[CH2-][C@@H]1CCCC[C@H]1[NH-].[CH2-][C@@H]1CCCC[C@H]1[NH-].[CH2-][C@@H]1CCCC[C@H]1[NH-].[CH2-][C@@H]1CCCC[C@H]1[NH-].[Cl][Pt+2][Cl].[Cl][Pt+2][Cl].[Cl][Pt+2][Cl].[Cl][Pt+2][Cl].[Cl][Pt+2][Cl]. The van der Waals surface area contributed by atoms with Gasteiger partial charge in [-0.1, -0.05) is 288 Å². The molecule has 0 spiro atoms. The van der Waals surface area contributed by atoms with Crippen LogP contribution in [-0.4, -0.2) is 151 Å². The Balaban J connectivity index is -0.0000000753. The first-order valence-electron chi connectivity index (χ1n) is 41.0. The summed E-state index contributed by atoms with van der Waals surface area (Å²) in [6, 6.07) is 0.712. The molecule has 0 aromatic rings. The average Bonchev–Trinajstić information content (AvgIpc) is 0.879. The van der Waals surface area contributed by atoms with Crippen molar-refractivity contribution in [3.63, 3.8) is 0 Å². The molecule has 0 aromatic heterocycles. The van der Waals surface area contributed by atoms with Gasteiger partial charge in [0.15, 0.2) is 0 Å². The van der Waals surface area contributed by atoms with E-state index in [4.69, 9.17) is 174 Å². The van der Waals surface area contributed by atoms with Crippen LogP contribution in [0.1, 0.15) is 359 Å². The molecule has 0 unspecified atom stereocenters. The summed E-state index contributed by atoms with van der Waals surface area (Å²) < 4.78 is 0. The topological polar surface area (TPSA) is 419 Å². The Morgan fingerprint density at radius 1 is 0.322 bits per heavy atom. The van der Waals surface area contributed by atoms with Crippen molar-refractivity contribution >= 4 is 124 Å². The van der Waals surface area contributed by atoms with Gasteiger partial charge < -0.3 is 120 Å². The normalized spacial score (nSPS) is 19.3. The Morgan fingerprint density at radius 2 is 0.475 bits per heavy atom. The maximum atomic E-state index is 10.4. The van der Waals surface area contributed by atoms with E-state index in [2.05, 4.69) is 67.6 Å². The van der Waals surface area contributed by atoms with Gasteiger partial charge in [0.25, 0.3) is 0 Å². The van der Waals surface area contributed by atoms with E-state index < -0.39 is 112 Å². The van der Waals surface area contributed by atoms with E-state index in [0.717, 1.165) is 84.8 Å². The molecule has 5 saturated carbocycles. The van der Waals surface area contributed by atoms with Crippen molar-refractivity contribution in [3.8, 4) is 0 Å². The van der Waals surface area contributed by atoms with E-state index in [1.54, 1.807) is 20.8 Å². The zero-order valence-electron chi connectivity index (χ0n) is 74.2. The van der Waals surface area contributed by atoms with E-state index in [-0.39, 0.29) is 60.4 Å². The van der Waals surface area contributed by atoms with Crippen molar-refractivity contribution in [2.24, 2.45) is 35.0 Å². The van der Waals surface area contributed by atoms with Gasteiger partial charge in [-0.2, -0.15) is 59.8 Å². The first-order valence-corrected chi connectivity index (χ1v) is 69.1. The molecule has 0 saturated heterocycles. The number of carboxylic acid groups (broad SMARTS) is 5. The van der Waals surface area contributed by atoms with E-state index >= 15 is 0 Å². The second-order valence-electron chi connectivity index (χ2n) is 29.0. The van der Waals surface area contributed by atoms with Crippen LogP contribution in [0, 0.1) is 69.6 Å². The standard InChI is InChI=1S/C18H36O2.C9H19NO2.5C7H13N.3C3H6O2.3C3H8O.2CH4O.10ClH.5Pt/c1-2-3-4-5-6-7-8-9-10-11-12-13-14-15-16-17-18(19)20;1-8(2,3)6-9(4,5)10-7(11)12;5*1-6-4-2-3-5-7(6)8;3*1-2-3(4)5;3*1-2-3-4;2*1-2;;;;;;;;;;;;;;;/h2-17H2,1H3,(H,19,20);10H,6H2,1-5H3,(H,11,12);5*6-8H,1-5H2;3*2H2,1H3,(H,4,5);3*4H,2-3H2,1H3;2*2H,1H3;10*1H;;;;;/q;;5*-2;;;;;;;;;;;;;;;;;;;5*+4/p-10/t;;5*6-,7-;;;;;;;;;;;;;;;;;;;;;;;/m..11111......................./s1. The van der Waals surface area contributed by atoms with Crippen LogP contribution in [0.15, 0.2) is 0 Å². The van der Waals surface area contributed by atoms with Crippen LogP contribution in [0.5, 0.6) is 0 Å². The first-order chi connectivity index (χ1) is 55.5. The van der Waals surface area contributed by atoms with Crippen LogP contribution in [-0.2, 0) is 102 Å². The number of halogens is 10. The minimum atomic E-state index is -0.954. The molecule has 36 heteroatoms. The molecule has 21 nitrogen and oxygen atoms in total. The van der Waals surface area contributed by atoms with Crippen LogP contribution < -0.4 is 5.32 Å². The summed E-state index contributed by atoms with van der Waals surface area (Å²) in [5.74, 6) is -0.788. The average molecular weight is 2810 g/mol. The number of rotatable bonds is 24. The van der Waals surface area contributed by atoms with Crippen molar-refractivity contribution in [1.29, 1.82) is 0 Å². The van der Waals surface area contributed by atoms with Crippen molar-refractivity contribution < 1.29 is 157 Å². The summed E-state index contributed by atoms with van der Waals surface area (Å²) in [5, 5.41) is 80.3. The van der Waals surface area contributed by atoms with Crippen LogP contribution in [0.25, 0.3) is 28.7 Å². The van der Waals surface area contributed by atoms with Gasteiger partial charge in [-0.3, -0.25) is 19.2 Å². The molecule has 0 aromatic carbocycles. The molecule has 0 radical (unpaired) electrons. The van der Waals surface area contributed by atoms with E-state index in [1.165, 1.54) is 180 Å². The van der Waals surface area contributed by atoms with Crippen molar-refractivity contribution in [3.05, 3.63) is 63.3 Å². The molecule has 738 valence electrons. The molecule has 5 rings (SSSR count). The number of aliphatic hydroxyl groups is 5. The Morgan fingerprint density at radius 3 is 0.576 bits per heavy atom. The van der Waals surface area contributed by atoms with Gasteiger partial charge in [-0.15, -0.1) is 0 Å². The fraction of sp³-hybridized carbons (Fsp3) is 0.878. The second kappa shape index (κ2) is 136. The molecule has 0 aliphatic heterocycles. The number of carbonyl (C=O) groups is 5. The summed E-state index contributed by atoms with van der Waals surface area (Å²) in [5.41, 5.74) is 36.9. The Kier molecular flexibility index (Phi) is 178. The van der Waals surface area contributed by atoms with Gasteiger partial charge in [-0.25, -0.2) is 4.79 Å². The third-order valence-corrected chi connectivity index (χ3v) is 16.5. The van der Waals surface area contributed by atoms with E-state index in [0.29, 0.717) is 55.8 Å². The van der Waals surface area contributed by atoms with E-state index in [1.807, 2.05) is 34.6 Å². The predicted molar refractivity (Wildman–Crippen MR) is 494 cm³/mol. The van der Waals surface area contributed by atoms with Gasteiger partial charge >= 0.3 is 207 Å². The molecule has 5 aliphatic carbocycles. The number of aliphatic hydroxyl groups excluding tert-OH is 5. The Labute approximate surface area is 805 Å². The number of carboxylic acids is 4. The minimum absolute atomic E-state index is 0.142. The Hall–Kier alpha value is 3.09. The van der Waals surface area contributed by atoms with Crippen molar-refractivity contribution in [1.82, 2.24) is 5.32 Å². The summed E-state index contributed by atoms with van der Waals surface area (Å²) in [7, 11) is 50.8. The molecule has 0 heterocycles. The monoisotopic (exact) mass is 2800 g/mol. The molecule has 5 aliphatic rings. The van der Waals surface area contributed by atoms with Gasteiger partial charge in [0.2, 0.25) is 0 Å². The predicted octanol–water partition coefficient (Wildman–Crippen LogP) is 29.7. The number of hydrogen-bond acceptors (Lipinski definition) is 10. The zero-order valence-corrected chi connectivity index (χ0v) is 93.1. The fourth-order valence-corrected chi connectivity index (χ4v) is 10.3. The quantitative estimate of drug-likeness (QED) is 0.0316. The number of unbranched alkanes of at least 4 members (excludes halogenated alkanes) is 14. The van der Waals surface area contributed by atoms with Crippen LogP contribution >= 0.6 is 94.2 Å². The molecule has 10 atom stereocenters. The molecule has 16 N–H and O–H groups in total. The first kappa shape index (κ1) is 155. The molecule has 1 amide bonds. The molecule has 0 bridgehead atoms. The molecular weight excluding hydrogens is 2640 g/mol. The number of aliphatic carboxylic acids is 4. The molecule has 5 fully saturated rings. The van der Waals surface area contributed by atoms with Gasteiger partial charge in [-0.05, 0) is 51.4 Å². The van der Waals surface area contributed by atoms with Gasteiger partial charge in [0, 0.05) is 65.3 Å². The van der Waals surface area contributed by atoms with Gasteiger partial charge in [0.1, 0.15) is 0 Å². The summed E-state index contributed by atoms with van der Waals surface area (Å²) in [6.45, 7) is 43.4. The number of nitrogens with one attached hydrogen (secondary N) is 6. The fourth-order valence-electron chi connectivity index (χ4n) is 10.3. The summed E-state index contributed by atoms with van der Waals surface area (Å²) in [4.78, 5) is 48.8. The van der Waals surface area contributed by atoms with Crippen LogP contribution in [0.4, 0.5) is 4.79 Å². The van der Waals surface area contributed by atoms with Crippen LogP contribution in [0.2, 0.25) is 0 Å². The Bertz CT molecular complexity index is 1640. The van der Waals surface area contributed by atoms with Crippen molar-refractivity contribution in [2.75, 3.05) is 34.0 Å². The third-order valence-electron chi connectivity index (χ3n) is 16.5. The third kappa shape index (κ3) is 184. The molecule has 118 heavy (non-hydrogen) atoms. The van der Waals surface area contributed by atoms with Crippen molar-refractivity contribution in [2.45, 2.75) is 395 Å². The number of amides is 1.